The van der Waals surface area contributed by atoms with E-state index in [0.29, 0.717) is 32.0 Å². The van der Waals surface area contributed by atoms with Gasteiger partial charge in [0.2, 0.25) is 0 Å². The molecule has 1 heterocycles. The van der Waals surface area contributed by atoms with Crippen molar-refractivity contribution in [3.63, 3.8) is 0 Å². The summed E-state index contributed by atoms with van der Waals surface area (Å²) in [7, 11) is 2.04. The predicted octanol–water partition coefficient (Wildman–Crippen LogP) is 0.729. The minimum Gasteiger partial charge on any atom is -0.480 e. The highest BCUT2D eigenvalue weighted by molar-refractivity contribution is 5.86. The molecule has 0 bridgehead atoms. The van der Waals surface area contributed by atoms with Crippen molar-refractivity contribution in [2.45, 2.75) is 44.2 Å². The fourth-order valence-corrected chi connectivity index (χ4v) is 2.89. The smallest absolute Gasteiger partial charge is 0.329 e. The van der Waals surface area contributed by atoms with Gasteiger partial charge in [-0.05, 0) is 26.8 Å². The number of piperazine rings is 1. The molecule has 2 fully saturated rings. The number of rotatable bonds is 2. The monoisotopic (exact) mass is 269 g/mol. The van der Waals surface area contributed by atoms with Crippen LogP contribution in [0.15, 0.2) is 0 Å². The second-order valence-electron chi connectivity index (χ2n) is 5.80. The number of carboxylic acids is 1. The van der Waals surface area contributed by atoms with E-state index in [-0.39, 0.29) is 6.03 Å². The lowest BCUT2D eigenvalue weighted by Crippen LogP contribution is -2.60. The molecular formula is C13H23N3O3. The highest BCUT2D eigenvalue weighted by Gasteiger charge is 2.43. The van der Waals surface area contributed by atoms with E-state index in [4.69, 9.17) is 0 Å². The van der Waals surface area contributed by atoms with Gasteiger partial charge in [-0.2, -0.15) is 0 Å². The van der Waals surface area contributed by atoms with E-state index in [0.717, 1.165) is 19.4 Å². The molecule has 2 aliphatic rings. The van der Waals surface area contributed by atoms with Crippen LogP contribution in [0.1, 0.15) is 32.6 Å². The largest absolute Gasteiger partial charge is 0.480 e. The maximum absolute atomic E-state index is 12.2. The number of hydrogen-bond acceptors (Lipinski definition) is 3. The van der Waals surface area contributed by atoms with Crippen LogP contribution in [0.2, 0.25) is 0 Å². The first-order valence-corrected chi connectivity index (χ1v) is 6.95. The zero-order valence-corrected chi connectivity index (χ0v) is 11.7. The van der Waals surface area contributed by atoms with Crippen molar-refractivity contribution in [1.82, 2.24) is 15.1 Å². The molecule has 1 saturated carbocycles. The molecule has 2 N–H and O–H groups in total. The van der Waals surface area contributed by atoms with Gasteiger partial charge in [0.05, 0.1) is 0 Å². The number of urea groups is 1. The van der Waals surface area contributed by atoms with Crippen molar-refractivity contribution in [1.29, 1.82) is 0 Å². The van der Waals surface area contributed by atoms with Gasteiger partial charge in [-0.15, -0.1) is 0 Å². The summed E-state index contributed by atoms with van der Waals surface area (Å²) >= 11 is 0. The topological polar surface area (TPSA) is 72.9 Å². The molecule has 0 aromatic rings. The standard InChI is InChI=1S/C13H23N3O3/c1-10-9-16(8-7-15(10)2)12(19)14-13(11(17)18)5-3-4-6-13/h10H,3-9H2,1-2H3,(H,14,19)(H,17,18). The van der Waals surface area contributed by atoms with Gasteiger partial charge in [-0.3, -0.25) is 0 Å². The van der Waals surface area contributed by atoms with Gasteiger partial charge in [-0.25, -0.2) is 9.59 Å². The van der Waals surface area contributed by atoms with Crippen LogP contribution in [0.4, 0.5) is 4.79 Å². The van der Waals surface area contributed by atoms with Gasteiger partial charge in [0.25, 0.3) is 0 Å². The van der Waals surface area contributed by atoms with Crippen LogP contribution in [0.25, 0.3) is 0 Å². The van der Waals surface area contributed by atoms with Gasteiger partial charge in [0, 0.05) is 25.7 Å². The van der Waals surface area contributed by atoms with E-state index in [1.54, 1.807) is 4.90 Å². The summed E-state index contributed by atoms with van der Waals surface area (Å²) in [6.07, 6.45) is 2.81. The molecule has 1 aliphatic heterocycles. The summed E-state index contributed by atoms with van der Waals surface area (Å²) in [6.45, 7) is 4.21. The van der Waals surface area contributed by atoms with Crippen LogP contribution in [-0.2, 0) is 4.79 Å². The SMILES string of the molecule is CC1CN(C(=O)NC2(C(=O)O)CCCC2)CCN1C. The van der Waals surface area contributed by atoms with Crippen molar-refractivity contribution < 1.29 is 14.7 Å². The Morgan fingerprint density at radius 3 is 2.42 bits per heavy atom. The molecule has 0 aromatic carbocycles. The second-order valence-corrected chi connectivity index (χ2v) is 5.80. The zero-order chi connectivity index (χ0) is 14.0. The Morgan fingerprint density at radius 1 is 1.26 bits per heavy atom. The summed E-state index contributed by atoms with van der Waals surface area (Å²) < 4.78 is 0. The number of nitrogens with zero attached hydrogens (tertiary/aromatic N) is 2. The molecule has 0 radical (unpaired) electrons. The third-order valence-electron chi connectivity index (χ3n) is 4.46. The summed E-state index contributed by atoms with van der Waals surface area (Å²) in [5.74, 6) is -0.902. The molecular weight excluding hydrogens is 246 g/mol. The van der Waals surface area contributed by atoms with Crippen LogP contribution in [0.5, 0.6) is 0 Å². The number of hydrogen-bond donors (Lipinski definition) is 2. The molecule has 2 rings (SSSR count). The maximum Gasteiger partial charge on any atom is 0.329 e. The number of nitrogens with one attached hydrogen (secondary N) is 1. The maximum atomic E-state index is 12.2. The molecule has 6 nitrogen and oxygen atoms in total. The molecule has 0 spiro atoms. The lowest BCUT2D eigenvalue weighted by atomic mass is 9.98. The normalized spacial score (nSPS) is 27.3. The fourth-order valence-electron chi connectivity index (χ4n) is 2.89. The van der Waals surface area contributed by atoms with Crippen molar-refractivity contribution in [2.75, 3.05) is 26.7 Å². The highest BCUT2D eigenvalue weighted by atomic mass is 16.4. The molecule has 1 saturated heterocycles. The Bertz CT molecular complexity index is 366. The fraction of sp³-hybridized carbons (Fsp3) is 0.846. The third kappa shape index (κ3) is 2.83. The number of carbonyl (C=O) groups excluding carboxylic acids is 1. The van der Waals surface area contributed by atoms with E-state index < -0.39 is 11.5 Å². The zero-order valence-electron chi connectivity index (χ0n) is 11.7. The number of amides is 2. The Balaban J connectivity index is 1.98. The van der Waals surface area contributed by atoms with Gasteiger partial charge in [-0.1, -0.05) is 12.8 Å². The Hall–Kier alpha value is -1.30. The molecule has 1 atom stereocenters. The molecule has 0 aromatic heterocycles. The van der Waals surface area contributed by atoms with Crippen molar-refractivity contribution >= 4 is 12.0 Å². The quantitative estimate of drug-likeness (QED) is 0.775. The average Bonchev–Trinajstić information content (AvgIpc) is 2.82. The Morgan fingerprint density at radius 2 is 1.89 bits per heavy atom. The predicted molar refractivity (Wildman–Crippen MR) is 71.0 cm³/mol. The van der Waals surface area contributed by atoms with Crippen LogP contribution in [0, 0.1) is 0 Å². The number of carbonyl (C=O) groups is 2. The van der Waals surface area contributed by atoms with Gasteiger partial charge >= 0.3 is 12.0 Å². The summed E-state index contributed by atoms with van der Waals surface area (Å²) in [5, 5.41) is 12.1. The molecule has 1 unspecified atom stereocenters. The van der Waals surface area contributed by atoms with Crippen LogP contribution in [-0.4, -0.2) is 65.2 Å². The van der Waals surface area contributed by atoms with Crippen LogP contribution >= 0.6 is 0 Å². The van der Waals surface area contributed by atoms with E-state index in [2.05, 4.69) is 17.1 Å². The van der Waals surface area contributed by atoms with Crippen molar-refractivity contribution in [3.05, 3.63) is 0 Å². The summed E-state index contributed by atoms with van der Waals surface area (Å²) in [6, 6.07) is 0.0770. The summed E-state index contributed by atoms with van der Waals surface area (Å²) in [4.78, 5) is 27.6. The first-order chi connectivity index (χ1) is 8.94. The van der Waals surface area contributed by atoms with E-state index in [1.807, 2.05) is 7.05 Å². The number of aliphatic carboxylic acids is 1. The van der Waals surface area contributed by atoms with Gasteiger partial charge < -0.3 is 20.2 Å². The van der Waals surface area contributed by atoms with Gasteiger partial charge in [0.1, 0.15) is 5.54 Å². The first-order valence-electron chi connectivity index (χ1n) is 6.95. The average molecular weight is 269 g/mol. The lowest BCUT2D eigenvalue weighted by Gasteiger charge is -2.39. The lowest BCUT2D eigenvalue weighted by molar-refractivity contribution is -0.144. The molecule has 108 valence electrons. The van der Waals surface area contributed by atoms with Crippen molar-refractivity contribution in [2.24, 2.45) is 0 Å². The second kappa shape index (κ2) is 5.36. The Kier molecular flexibility index (Phi) is 3.99. The molecule has 6 heteroatoms. The van der Waals surface area contributed by atoms with E-state index in [9.17, 15) is 14.7 Å². The van der Waals surface area contributed by atoms with Crippen LogP contribution < -0.4 is 5.32 Å². The minimum atomic E-state index is -1.04. The van der Waals surface area contributed by atoms with E-state index >= 15 is 0 Å². The Labute approximate surface area is 113 Å². The molecule has 2 amide bonds. The number of likely N-dealkylation sites (N-methyl/N-ethyl adjacent to an activating group) is 1. The van der Waals surface area contributed by atoms with Crippen molar-refractivity contribution in [3.8, 4) is 0 Å². The molecule has 19 heavy (non-hydrogen) atoms. The third-order valence-corrected chi connectivity index (χ3v) is 4.46. The summed E-state index contributed by atoms with van der Waals surface area (Å²) in [5.41, 5.74) is -1.04. The van der Waals surface area contributed by atoms with Crippen LogP contribution in [0.3, 0.4) is 0 Å². The minimum absolute atomic E-state index is 0.232. The number of carboxylic acid groups (broad SMARTS) is 1. The van der Waals surface area contributed by atoms with E-state index in [1.165, 1.54) is 0 Å². The molecule has 1 aliphatic carbocycles. The van der Waals surface area contributed by atoms with Gasteiger partial charge in [0.15, 0.2) is 0 Å². The first kappa shape index (κ1) is 14.1. The highest BCUT2D eigenvalue weighted by Crippen LogP contribution is 2.30.